The Bertz CT molecular complexity index is 283. The molecule has 0 aromatic carbocycles. The van der Waals surface area contributed by atoms with Crippen LogP contribution in [0.25, 0.3) is 0 Å². The Hall–Kier alpha value is -0.830. The van der Waals surface area contributed by atoms with Crippen molar-refractivity contribution >= 4 is 0 Å². The molecule has 2 atom stereocenters. The number of aryl methyl sites for hydroxylation is 1. The van der Waals surface area contributed by atoms with Gasteiger partial charge in [0.15, 0.2) is 0 Å². The topological polar surface area (TPSA) is 27.1 Å². The molecule has 0 spiro atoms. The van der Waals surface area contributed by atoms with Crippen molar-refractivity contribution in [3.63, 3.8) is 0 Å². The molecule has 0 N–H and O–H groups in total. The van der Waals surface area contributed by atoms with Gasteiger partial charge in [-0.05, 0) is 18.8 Å². The summed E-state index contributed by atoms with van der Waals surface area (Å²) in [6, 6.07) is 0. The van der Waals surface area contributed by atoms with Crippen LogP contribution in [0, 0.1) is 5.92 Å². The van der Waals surface area contributed by atoms with Crippen molar-refractivity contribution in [1.82, 2.24) is 9.78 Å². The minimum absolute atomic E-state index is 0.275. The van der Waals surface area contributed by atoms with E-state index in [9.17, 15) is 0 Å². The van der Waals surface area contributed by atoms with Crippen molar-refractivity contribution in [2.75, 3.05) is 6.61 Å². The molecule has 3 heteroatoms. The SMILES string of the molecule is CC.C[C@@H]1CCO[C@@H](c2cnn(C)c2)C1. The van der Waals surface area contributed by atoms with Gasteiger partial charge in [-0.25, -0.2) is 0 Å². The first-order chi connectivity index (χ1) is 7.25. The van der Waals surface area contributed by atoms with Crippen LogP contribution in [0.15, 0.2) is 12.4 Å². The lowest BCUT2D eigenvalue weighted by Crippen LogP contribution is -2.17. The number of aromatic nitrogens is 2. The fraction of sp³-hybridized carbons (Fsp3) is 0.750. The zero-order valence-electron chi connectivity index (χ0n) is 10.2. The average Bonchev–Trinajstić information content (AvgIpc) is 2.68. The van der Waals surface area contributed by atoms with Crippen LogP contribution in [0.1, 0.15) is 45.3 Å². The van der Waals surface area contributed by atoms with Crippen molar-refractivity contribution in [2.45, 2.75) is 39.7 Å². The maximum Gasteiger partial charge on any atom is 0.0857 e. The number of rotatable bonds is 1. The van der Waals surface area contributed by atoms with Crippen molar-refractivity contribution in [3.05, 3.63) is 18.0 Å². The highest BCUT2D eigenvalue weighted by molar-refractivity contribution is 5.08. The third-order valence-corrected chi connectivity index (χ3v) is 2.64. The summed E-state index contributed by atoms with van der Waals surface area (Å²) in [5, 5.41) is 4.15. The van der Waals surface area contributed by atoms with E-state index in [0.717, 1.165) is 18.9 Å². The molecule has 1 aliphatic rings. The quantitative estimate of drug-likeness (QED) is 0.712. The molecule has 0 unspecified atom stereocenters. The van der Waals surface area contributed by atoms with Gasteiger partial charge in [0.25, 0.3) is 0 Å². The molecular formula is C12H22N2O. The molecule has 0 amide bonds. The van der Waals surface area contributed by atoms with Crippen LogP contribution in [0.2, 0.25) is 0 Å². The Morgan fingerprint density at radius 2 is 2.20 bits per heavy atom. The van der Waals surface area contributed by atoms with Gasteiger partial charge < -0.3 is 4.74 Å². The Morgan fingerprint density at radius 1 is 1.47 bits per heavy atom. The van der Waals surface area contributed by atoms with E-state index in [2.05, 4.69) is 12.0 Å². The van der Waals surface area contributed by atoms with Crippen molar-refractivity contribution in [2.24, 2.45) is 13.0 Å². The Labute approximate surface area is 92.4 Å². The van der Waals surface area contributed by atoms with Gasteiger partial charge in [-0.1, -0.05) is 20.8 Å². The Balaban J connectivity index is 0.000000531. The van der Waals surface area contributed by atoms with Crippen LogP contribution in [-0.2, 0) is 11.8 Å². The normalized spacial score (nSPS) is 25.6. The van der Waals surface area contributed by atoms with Gasteiger partial charge in [0, 0.05) is 25.4 Å². The number of ether oxygens (including phenoxy) is 1. The molecule has 0 bridgehead atoms. The van der Waals surface area contributed by atoms with E-state index in [-0.39, 0.29) is 6.10 Å². The molecule has 1 fully saturated rings. The van der Waals surface area contributed by atoms with Gasteiger partial charge in [0.1, 0.15) is 0 Å². The largest absolute Gasteiger partial charge is 0.373 e. The van der Waals surface area contributed by atoms with E-state index in [0.29, 0.717) is 0 Å². The van der Waals surface area contributed by atoms with Crippen molar-refractivity contribution in [1.29, 1.82) is 0 Å². The minimum Gasteiger partial charge on any atom is -0.373 e. The van der Waals surface area contributed by atoms with Gasteiger partial charge in [0.05, 0.1) is 12.3 Å². The highest BCUT2D eigenvalue weighted by Crippen LogP contribution is 2.30. The first kappa shape index (κ1) is 12.2. The molecule has 0 saturated carbocycles. The summed E-state index contributed by atoms with van der Waals surface area (Å²) in [5.41, 5.74) is 1.22. The van der Waals surface area contributed by atoms with E-state index >= 15 is 0 Å². The van der Waals surface area contributed by atoms with Crippen LogP contribution in [0.5, 0.6) is 0 Å². The number of nitrogens with zero attached hydrogens (tertiary/aromatic N) is 2. The standard InChI is InChI=1S/C10H16N2O.C2H6/c1-8-3-4-13-10(5-8)9-6-11-12(2)7-9;1-2/h6-8,10H,3-5H2,1-2H3;1-2H3/t8-,10-;/m1./s1. The second-order valence-corrected chi connectivity index (χ2v) is 3.94. The highest BCUT2D eigenvalue weighted by atomic mass is 16.5. The van der Waals surface area contributed by atoms with Crippen LogP contribution < -0.4 is 0 Å². The average molecular weight is 210 g/mol. The molecular weight excluding hydrogens is 188 g/mol. The van der Waals surface area contributed by atoms with E-state index in [1.165, 1.54) is 12.0 Å². The van der Waals surface area contributed by atoms with Crippen LogP contribution >= 0.6 is 0 Å². The van der Waals surface area contributed by atoms with E-state index in [4.69, 9.17) is 4.74 Å². The van der Waals surface area contributed by atoms with Crippen LogP contribution in [0.4, 0.5) is 0 Å². The van der Waals surface area contributed by atoms with Gasteiger partial charge >= 0.3 is 0 Å². The molecule has 1 saturated heterocycles. The second kappa shape index (κ2) is 5.91. The lowest BCUT2D eigenvalue weighted by molar-refractivity contribution is -0.00636. The lowest BCUT2D eigenvalue weighted by atomic mass is 9.95. The summed E-state index contributed by atoms with van der Waals surface area (Å²) in [4.78, 5) is 0. The molecule has 0 aliphatic carbocycles. The Kier molecular flexibility index (Phi) is 4.82. The highest BCUT2D eigenvalue weighted by Gasteiger charge is 2.21. The summed E-state index contributed by atoms with van der Waals surface area (Å²) in [5.74, 6) is 0.777. The molecule has 0 radical (unpaired) electrons. The second-order valence-electron chi connectivity index (χ2n) is 3.94. The van der Waals surface area contributed by atoms with E-state index in [1.54, 1.807) is 0 Å². The third kappa shape index (κ3) is 3.34. The summed E-state index contributed by atoms with van der Waals surface area (Å²) in [7, 11) is 1.94. The molecule has 3 nitrogen and oxygen atoms in total. The molecule has 86 valence electrons. The molecule has 1 aliphatic heterocycles. The lowest BCUT2D eigenvalue weighted by Gasteiger charge is -2.26. The van der Waals surface area contributed by atoms with Gasteiger partial charge in [-0.3, -0.25) is 4.68 Å². The number of hydrogen-bond donors (Lipinski definition) is 0. The van der Waals surface area contributed by atoms with Crippen molar-refractivity contribution < 1.29 is 4.74 Å². The molecule has 1 aromatic rings. The molecule has 2 rings (SSSR count). The number of hydrogen-bond acceptors (Lipinski definition) is 2. The van der Waals surface area contributed by atoms with Crippen LogP contribution in [-0.4, -0.2) is 16.4 Å². The monoisotopic (exact) mass is 210 g/mol. The summed E-state index contributed by atoms with van der Waals surface area (Å²) in [6.45, 7) is 7.17. The predicted octanol–water partition coefficient (Wildman–Crippen LogP) is 2.93. The molecule has 15 heavy (non-hydrogen) atoms. The van der Waals surface area contributed by atoms with E-state index < -0.39 is 0 Å². The Morgan fingerprint density at radius 3 is 2.73 bits per heavy atom. The van der Waals surface area contributed by atoms with Gasteiger partial charge in [-0.15, -0.1) is 0 Å². The predicted molar refractivity (Wildman–Crippen MR) is 61.6 cm³/mol. The first-order valence-electron chi connectivity index (χ1n) is 5.86. The smallest absolute Gasteiger partial charge is 0.0857 e. The summed E-state index contributed by atoms with van der Waals surface area (Å²) >= 11 is 0. The third-order valence-electron chi connectivity index (χ3n) is 2.64. The zero-order valence-corrected chi connectivity index (χ0v) is 10.2. The van der Waals surface area contributed by atoms with Gasteiger partial charge in [0.2, 0.25) is 0 Å². The molecule has 2 heterocycles. The molecule has 1 aromatic heterocycles. The maximum atomic E-state index is 5.69. The van der Waals surface area contributed by atoms with Crippen LogP contribution in [0.3, 0.4) is 0 Å². The fourth-order valence-corrected chi connectivity index (χ4v) is 1.80. The first-order valence-corrected chi connectivity index (χ1v) is 5.86. The minimum atomic E-state index is 0.275. The summed E-state index contributed by atoms with van der Waals surface area (Å²) < 4.78 is 7.53. The maximum absolute atomic E-state index is 5.69. The van der Waals surface area contributed by atoms with Crippen molar-refractivity contribution in [3.8, 4) is 0 Å². The van der Waals surface area contributed by atoms with Gasteiger partial charge in [-0.2, -0.15) is 5.10 Å². The van der Waals surface area contributed by atoms with E-state index in [1.807, 2.05) is 38.0 Å². The summed E-state index contributed by atoms with van der Waals surface area (Å²) in [6.07, 6.45) is 6.55. The fourth-order valence-electron chi connectivity index (χ4n) is 1.80. The zero-order chi connectivity index (χ0) is 11.3.